The lowest BCUT2D eigenvalue weighted by molar-refractivity contribution is 0.0950. The number of rotatable bonds is 5. The Kier molecular flexibility index (Phi) is 4.67. The third-order valence-electron chi connectivity index (χ3n) is 5.16. The number of imidazole rings is 1. The molecule has 0 aliphatic heterocycles. The molecule has 0 atom stereocenters. The Hall–Kier alpha value is -4.12. The van der Waals surface area contributed by atoms with E-state index in [0.717, 1.165) is 22.2 Å². The topological polar surface area (TPSA) is 167 Å². The second-order valence-electron chi connectivity index (χ2n) is 7.32. The molecule has 0 spiro atoms. The molecule has 5 rings (SSSR count). The number of nitrogens with zero attached hydrogens (tertiary/aromatic N) is 5. The van der Waals surface area contributed by atoms with E-state index in [9.17, 15) is 4.79 Å². The molecule has 0 aliphatic rings. The van der Waals surface area contributed by atoms with E-state index < -0.39 is 0 Å². The van der Waals surface area contributed by atoms with Gasteiger partial charge in [0.2, 0.25) is 5.88 Å². The molecule has 1 amide bonds. The molecule has 0 saturated heterocycles. The van der Waals surface area contributed by atoms with Crippen LogP contribution in [0.1, 0.15) is 27.3 Å². The number of hydrogen-bond acceptors (Lipinski definition) is 8. The third kappa shape index (κ3) is 3.38. The van der Waals surface area contributed by atoms with Crippen LogP contribution in [-0.4, -0.2) is 35.6 Å². The predicted octanol–water partition coefficient (Wildman–Crippen LogP) is 2.40. The van der Waals surface area contributed by atoms with Gasteiger partial charge in [0.05, 0.1) is 30.6 Å². The lowest BCUT2D eigenvalue weighted by Crippen LogP contribution is -2.24. The minimum Gasteiger partial charge on any atom is -0.382 e. The summed E-state index contributed by atoms with van der Waals surface area (Å²) >= 11 is 6.36. The van der Waals surface area contributed by atoms with Crippen LogP contribution in [0.4, 0.5) is 11.7 Å². The molecule has 0 fully saturated rings. The van der Waals surface area contributed by atoms with Crippen LogP contribution in [0.25, 0.3) is 22.1 Å². The smallest absolute Gasteiger partial charge is 0.259 e. The third-order valence-corrected chi connectivity index (χ3v) is 5.37. The number of anilines is 2. The van der Waals surface area contributed by atoms with Crippen LogP contribution in [-0.2, 0) is 13.1 Å². The average Bonchev–Trinajstić information content (AvgIpc) is 3.44. The van der Waals surface area contributed by atoms with Gasteiger partial charge >= 0.3 is 0 Å². The van der Waals surface area contributed by atoms with Gasteiger partial charge in [0, 0.05) is 16.1 Å². The van der Waals surface area contributed by atoms with Crippen LogP contribution in [0, 0.1) is 6.92 Å². The minimum atomic E-state index is -0.361. The van der Waals surface area contributed by atoms with Gasteiger partial charge in [-0.3, -0.25) is 4.79 Å². The molecule has 11 nitrogen and oxygen atoms in total. The summed E-state index contributed by atoms with van der Waals surface area (Å²) in [5.74, 6) is -0.0466. The monoisotopic (exact) mass is 451 g/mol. The second-order valence-corrected chi connectivity index (χ2v) is 7.75. The van der Waals surface area contributed by atoms with Gasteiger partial charge in [-0.2, -0.15) is 0 Å². The van der Waals surface area contributed by atoms with Crippen molar-refractivity contribution in [3.63, 3.8) is 0 Å². The van der Waals surface area contributed by atoms with Gasteiger partial charge in [0.15, 0.2) is 11.5 Å². The summed E-state index contributed by atoms with van der Waals surface area (Å²) in [7, 11) is 0. The Morgan fingerprint density at radius 3 is 2.88 bits per heavy atom. The number of aromatic amines is 1. The Balaban J connectivity index is 1.43. The fourth-order valence-electron chi connectivity index (χ4n) is 3.68. The van der Waals surface area contributed by atoms with E-state index in [-0.39, 0.29) is 23.9 Å². The van der Waals surface area contributed by atoms with E-state index in [1.807, 2.05) is 22.8 Å². The van der Waals surface area contributed by atoms with Crippen LogP contribution < -0.4 is 16.8 Å². The van der Waals surface area contributed by atoms with Gasteiger partial charge in [-0.05, 0) is 30.7 Å². The van der Waals surface area contributed by atoms with Crippen LogP contribution in [0.2, 0.25) is 5.02 Å². The predicted molar refractivity (Wildman–Crippen MR) is 119 cm³/mol. The lowest BCUT2D eigenvalue weighted by Gasteiger charge is -2.07. The van der Waals surface area contributed by atoms with E-state index in [4.69, 9.17) is 27.6 Å². The quantitative estimate of drug-likeness (QED) is 0.316. The average molecular weight is 452 g/mol. The Labute approximate surface area is 185 Å². The van der Waals surface area contributed by atoms with Crippen molar-refractivity contribution < 1.29 is 9.32 Å². The van der Waals surface area contributed by atoms with E-state index in [1.54, 1.807) is 13.3 Å². The molecular formula is C20H18ClN9O2. The number of hydrogen-bond donors (Lipinski definition) is 4. The zero-order valence-corrected chi connectivity index (χ0v) is 17.6. The highest BCUT2D eigenvalue weighted by Gasteiger charge is 2.18. The van der Waals surface area contributed by atoms with Crippen LogP contribution >= 0.6 is 11.6 Å². The first kappa shape index (κ1) is 19.8. The number of fused-ring (bicyclic) bond motifs is 2. The molecule has 162 valence electrons. The number of carbonyl (C=O) groups is 1. The summed E-state index contributed by atoms with van der Waals surface area (Å²) in [6.07, 6.45) is 3.07. The van der Waals surface area contributed by atoms with Crippen molar-refractivity contribution in [3.05, 3.63) is 58.4 Å². The summed E-state index contributed by atoms with van der Waals surface area (Å²) in [5.41, 5.74) is 16.0. The number of benzene rings is 1. The van der Waals surface area contributed by atoms with Crippen LogP contribution in [0.5, 0.6) is 0 Å². The molecule has 0 aliphatic carbocycles. The fourth-order valence-corrected chi connectivity index (χ4v) is 3.93. The van der Waals surface area contributed by atoms with Gasteiger partial charge in [-0.15, -0.1) is 0 Å². The Morgan fingerprint density at radius 2 is 2.09 bits per heavy atom. The van der Waals surface area contributed by atoms with Gasteiger partial charge < -0.3 is 30.9 Å². The van der Waals surface area contributed by atoms with E-state index in [2.05, 4.69) is 30.4 Å². The van der Waals surface area contributed by atoms with Crippen molar-refractivity contribution in [1.29, 1.82) is 0 Å². The van der Waals surface area contributed by atoms with Crippen molar-refractivity contribution in [2.75, 3.05) is 11.5 Å². The first-order valence-electron chi connectivity index (χ1n) is 9.62. The molecule has 0 bridgehead atoms. The SMILES string of the molecule is Cc1noc(N)c1C(=O)NCc1cc2cc(Cl)cc(Cn3cnc4c(N)ncnc43)c2[nH]1. The fraction of sp³-hybridized carbons (Fsp3) is 0.150. The highest BCUT2D eigenvalue weighted by molar-refractivity contribution is 6.31. The number of carbonyl (C=O) groups excluding carboxylic acids is 1. The zero-order valence-electron chi connectivity index (χ0n) is 16.9. The molecule has 6 N–H and O–H groups in total. The zero-order chi connectivity index (χ0) is 22.4. The number of nitrogen functional groups attached to an aromatic ring is 2. The van der Waals surface area contributed by atoms with Crippen LogP contribution in [0.15, 0.2) is 35.4 Å². The summed E-state index contributed by atoms with van der Waals surface area (Å²) in [6.45, 7) is 2.38. The number of amides is 1. The van der Waals surface area contributed by atoms with Crippen LogP contribution in [0.3, 0.4) is 0 Å². The van der Waals surface area contributed by atoms with Gasteiger partial charge in [-0.25, -0.2) is 15.0 Å². The maximum absolute atomic E-state index is 12.5. The Bertz CT molecular complexity index is 1460. The first-order chi connectivity index (χ1) is 15.4. The number of aromatic nitrogens is 6. The van der Waals surface area contributed by atoms with Crippen molar-refractivity contribution in [3.8, 4) is 0 Å². The molecule has 1 aromatic carbocycles. The molecule has 4 aromatic heterocycles. The lowest BCUT2D eigenvalue weighted by atomic mass is 10.1. The van der Waals surface area contributed by atoms with Gasteiger partial charge in [0.1, 0.15) is 17.4 Å². The number of nitrogens with two attached hydrogens (primary N) is 2. The number of nitrogens with one attached hydrogen (secondary N) is 2. The van der Waals surface area contributed by atoms with E-state index >= 15 is 0 Å². The number of halogens is 1. The van der Waals surface area contributed by atoms with Crippen molar-refractivity contribution >= 4 is 51.3 Å². The molecular weight excluding hydrogens is 434 g/mol. The largest absolute Gasteiger partial charge is 0.382 e. The van der Waals surface area contributed by atoms with Crippen molar-refractivity contribution in [1.82, 2.24) is 35.0 Å². The summed E-state index contributed by atoms with van der Waals surface area (Å²) < 4.78 is 6.73. The highest BCUT2D eigenvalue weighted by Crippen LogP contribution is 2.27. The molecule has 5 aromatic rings. The highest BCUT2D eigenvalue weighted by atomic mass is 35.5. The molecule has 0 radical (unpaired) electrons. The van der Waals surface area contributed by atoms with Crippen molar-refractivity contribution in [2.24, 2.45) is 0 Å². The normalized spacial score (nSPS) is 11.4. The Morgan fingerprint density at radius 1 is 1.25 bits per heavy atom. The minimum absolute atomic E-state index is 0.0114. The number of aryl methyl sites for hydroxylation is 1. The summed E-state index contributed by atoms with van der Waals surface area (Å²) in [5, 5.41) is 8.03. The maximum Gasteiger partial charge on any atom is 0.259 e. The van der Waals surface area contributed by atoms with Gasteiger partial charge in [-0.1, -0.05) is 16.8 Å². The first-order valence-corrected chi connectivity index (χ1v) is 9.99. The molecule has 0 unspecified atom stereocenters. The van der Waals surface area contributed by atoms with Crippen molar-refractivity contribution in [2.45, 2.75) is 20.0 Å². The van der Waals surface area contributed by atoms with E-state index in [0.29, 0.717) is 34.2 Å². The number of H-pyrrole nitrogens is 1. The summed E-state index contributed by atoms with van der Waals surface area (Å²) in [4.78, 5) is 28.4. The summed E-state index contributed by atoms with van der Waals surface area (Å²) in [6, 6.07) is 5.66. The standard InChI is InChI=1S/C20H18ClN9O2/c1-9-14(18(23)32-29-9)20(31)24-5-13-4-10-2-12(21)3-11(15(10)28-13)6-30-8-27-16-17(22)25-7-26-19(16)30/h2-4,7-8,28H,5-6,23H2,1H3,(H,24,31)(H2,22,25,26). The van der Waals surface area contributed by atoms with E-state index in [1.165, 1.54) is 6.33 Å². The molecule has 32 heavy (non-hydrogen) atoms. The maximum atomic E-state index is 12.5. The molecule has 12 heteroatoms. The molecule has 4 heterocycles. The van der Waals surface area contributed by atoms with Gasteiger partial charge in [0.25, 0.3) is 5.91 Å². The second kappa shape index (κ2) is 7.54. The molecule has 0 saturated carbocycles.